The van der Waals surface area contributed by atoms with E-state index in [4.69, 9.17) is 26.1 Å². The Bertz CT molecular complexity index is 1150. The van der Waals surface area contributed by atoms with Crippen LogP contribution < -0.4 is 9.54 Å². The van der Waals surface area contributed by atoms with E-state index in [-0.39, 0.29) is 0 Å². The molecule has 0 N–H and O–H groups in total. The van der Waals surface area contributed by atoms with Crippen LogP contribution >= 0.6 is 22.9 Å². The smallest absolute Gasteiger partial charge is 0.207 e. The standard InChI is InChI=1S/C23H27ClN4O2S/c1-22(2)18-19(23(3,4)30-22)31-21(28(18)12-14-7-6-8-14)27-20(26-13-25)16-11-15(24)9-10-17(16)29-5/h9-11,14H,6-8,12H2,1-5H3/b26-20-,27-21-. The molecule has 1 aliphatic carbocycles. The minimum atomic E-state index is -0.423. The van der Waals surface area contributed by atoms with E-state index >= 15 is 0 Å². The van der Waals surface area contributed by atoms with Crippen molar-refractivity contribution in [2.45, 2.75) is 64.7 Å². The lowest BCUT2D eigenvalue weighted by molar-refractivity contribution is -0.107. The molecule has 1 aromatic carbocycles. The number of nitrogens with zero attached hydrogens (tertiary/aromatic N) is 4. The van der Waals surface area contributed by atoms with Gasteiger partial charge in [0, 0.05) is 11.6 Å². The molecule has 8 heteroatoms. The highest BCUT2D eigenvalue weighted by atomic mass is 35.5. The average Bonchev–Trinajstić information content (AvgIpc) is 3.11. The fraction of sp³-hybridized carbons (Fsp3) is 0.522. The van der Waals surface area contributed by atoms with Crippen LogP contribution in [-0.4, -0.2) is 17.5 Å². The summed E-state index contributed by atoms with van der Waals surface area (Å²) < 4.78 is 14.2. The van der Waals surface area contributed by atoms with Gasteiger partial charge in [0.2, 0.25) is 6.19 Å². The number of benzene rings is 1. The number of aliphatic imine (C=N–C) groups is 1. The Hall–Kier alpha value is -2.14. The molecule has 164 valence electrons. The molecule has 2 aliphatic rings. The molecule has 0 unspecified atom stereocenters. The summed E-state index contributed by atoms with van der Waals surface area (Å²) in [7, 11) is 1.58. The number of methoxy groups -OCH3 is 1. The highest BCUT2D eigenvalue weighted by Crippen LogP contribution is 2.48. The number of halogens is 1. The number of ether oxygens (including phenoxy) is 2. The van der Waals surface area contributed by atoms with Gasteiger partial charge in [-0.05, 0) is 64.7 Å². The zero-order chi connectivity index (χ0) is 22.4. The molecule has 1 saturated carbocycles. The van der Waals surface area contributed by atoms with Crippen molar-refractivity contribution in [1.82, 2.24) is 4.57 Å². The van der Waals surface area contributed by atoms with Gasteiger partial charge < -0.3 is 14.0 Å². The summed E-state index contributed by atoms with van der Waals surface area (Å²) in [4.78, 5) is 10.9. The lowest BCUT2D eigenvalue weighted by atomic mass is 9.85. The van der Waals surface area contributed by atoms with Crippen LogP contribution in [-0.2, 0) is 22.5 Å². The first-order valence-electron chi connectivity index (χ1n) is 10.5. The SMILES string of the molecule is COc1ccc(Cl)cc1C(=N/C#N)/N=c1\sc2c(n1CC1CCC1)C(C)(C)OC2(C)C. The molecule has 6 nitrogen and oxygen atoms in total. The van der Waals surface area contributed by atoms with Crippen LogP contribution in [0.25, 0.3) is 0 Å². The van der Waals surface area contributed by atoms with Crippen molar-refractivity contribution >= 4 is 28.8 Å². The summed E-state index contributed by atoms with van der Waals surface area (Å²) in [5.74, 6) is 1.50. The third-order valence-corrected chi connectivity index (χ3v) is 7.58. The van der Waals surface area contributed by atoms with Gasteiger partial charge in [-0.1, -0.05) is 29.4 Å². The highest BCUT2D eigenvalue weighted by Gasteiger charge is 2.47. The molecule has 1 fully saturated rings. The van der Waals surface area contributed by atoms with Gasteiger partial charge in [-0.3, -0.25) is 0 Å². The Morgan fingerprint density at radius 2 is 2.06 bits per heavy atom. The Morgan fingerprint density at radius 3 is 2.68 bits per heavy atom. The van der Waals surface area contributed by atoms with Gasteiger partial charge in [0.05, 0.1) is 28.8 Å². The van der Waals surface area contributed by atoms with E-state index in [1.807, 2.05) is 6.19 Å². The number of nitriles is 1. The second-order valence-electron chi connectivity index (χ2n) is 9.08. The maximum Gasteiger partial charge on any atom is 0.207 e. The molecule has 4 rings (SSSR count). The van der Waals surface area contributed by atoms with Gasteiger partial charge in [-0.25, -0.2) is 0 Å². The van der Waals surface area contributed by atoms with E-state index in [0.29, 0.717) is 28.1 Å². The normalized spacial score (nSPS) is 20.3. The molecule has 0 spiro atoms. The molecule has 0 radical (unpaired) electrons. The fourth-order valence-electron chi connectivity index (χ4n) is 4.48. The topological polar surface area (TPSA) is 71.9 Å². The van der Waals surface area contributed by atoms with Crippen LogP contribution in [0.2, 0.25) is 5.02 Å². The second-order valence-corrected chi connectivity index (χ2v) is 10.5. The van der Waals surface area contributed by atoms with Gasteiger partial charge in [0.15, 0.2) is 10.6 Å². The summed E-state index contributed by atoms with van der Waals surface area (Å²) in [6.07, 6.45) is 5.61. The van der Waals surface area contributed by atoms with E-state index in [2.05, 4.69) is 37.3 Å². The summed E-state index contributed by atoms with van der Waals surface area (Å²) >= 11 is 7.84. The first-order chi connectivity index (χ1) is 14.7. The minimum absolute atomic E-state index is 0.292. The zero-order valence-corrected chi connectivity index (χ0v) is 20.1. The molecule has 2 heterocycles. The van der Waals surface area contributed by atoms with Crippen molar-refractivity contribution in [2.75, 3.05) is 7.11 Å². The van der Waals surface area contributed by atoms with Crippen molar-refractivity contribution in [3.05, 3.63) is 44.2 Å². The number of aromatic nitrogens is 1. The van der Waals surface area contributed by atoms with Gasteiger partial charge >= 0.3 is 0 Å². The van der Waals surface area contributed by atoms with E-state index in [1.165, 1.54) is 29.8 Å². The maximum atomic E-state index is 9.36. The minimum Gasteiger partial charge on any atom is -0.496 e. The lowest BCUT2D eigenvalue weighted by Crippen LogP contribution is -2.32. The number of hydrogen-bond donors (Lipinski definition) is 0. The Kier molecular flexibility index (Phi) is 5.76. The van der Waals surface area contributed by atoms with Crippen molar-refractivity contribution < 1.29 is 9.47 Å². The van der Waals surface area contributed by atoms with E-state index in [1.54, 1.807) is 36.6 Å². The van der Waals surface area contributed by atoms with E-state index in [0.717, 1.165) is 11.3 Å². The van der Waals surface area contributed by atoms with Crippen molar-refractivity contribution in [3.63, 3.8) is 0 Å². The lowest BCUT2D eigenvalue weighted by Gasteiger charge is -2.29. The molecule has 1 aliphatic heterocycles. The van der Waals surface area contributed by atoms with Crippen molar-refractivity contribution in [2.24, 2.45) is 15.9 Å². The largest absolute Gasteiger partial charge is 0.496 e. The first-order valence-corrected chi connectivity index (χ1v) is 11.7. The van der Waals surface area contributed by atoms with Crippen LogP contribution in [0.1, 0.15) is 63.1 Å². The Labute approximate surface area is 191 Å². The predicted molar refractivity (Wildman–Crippen MR) is 123 cm³/mol. The summed E-state index contributed by atoms with van der Waals surface area (Å²) in [6.45, 7) is 9.30. The van der Waals surface area contributed by atoms with Gasteiger partial charge in [-0.15, -0.1) is 0 Å². The third-order valence-electron chi connectivity index (χ3n) is 5.96. The number of hydrogen-bond acceptors (Lipinski definition) is 5. The molecule has 0 bridgehead atoms. The number of fused-ring (bicyclic) bond motifs is 1. The zero-order valence-electron chi connectivity index (χ0n) is 18.5. The Morgan fingerprint density at radius 1 is 1.32 bits per heavy atom. The van der Waals surface area contributed by atoms with Crippen molar-refractivity contribution in [1.29, 1.82) is 5.26 Å². The van der Waals surface area contributed by atoms with Gasteiger partial charge in [-0.2, -0.15) is 15.2 Å². The van der Waals surface area contributed by atoms with Crippen LogP contribution in [0.5, 0.6) is 5.75 Å². The first kappa shape index (κ1) is 22.1. The molecule has 2 aromatic rings. The number of amidine groups is 1. The van der Waals surface area contributed by atoms with E-state index < -0.39 is 11.2 Å². The van der Waals surface area contributed by atoms with E-state index in [9.17, 15) is 5.26 Å². The van der Waals surface area contributed by atoms with Gasteiger partial charge in [0.1, 0.15) is 11.4 Å². The molecular formula is C23H27ClN4O2S. The molecule has 0 atom stereocenters. The quantitative estimate of drug-likeness (QED) is 0.352. The maximum absolute atomic E-state index is 9.36. The predicted octanol–water partition coefficient (Wildman–Crippen LogP) is 5.34. The number of thiazole rings is 1. The summed E-state index contributed by atoms with van der Waals surface area (Å²) in [5, 5.41) is 9.89. The van der Waals surface area contributed by atoms with Gasteiger partial charge in [0.25, 0.3) is 0 Å². The fourth-order valence-corrected chi connectivity index (χ4v) is 5.98. The molecule has 1 aromatic heterocycles. The monoisotopic (exact) mass is 458 g/mol. The van der Waals surface area contributed by atoms with Crippen molar-refractivity contribution in [3.8, 4) is 11.9 Å². The molecule has 0 amide bonds. The van der Waals surface area contributed by atoms with Crippen LogP contribution in [0, 0.1) is 17.4 Å². The molecule has 31 heavy (non-hydrogen) atoms. The third kappa shape index (κ3) is 4.05. The Balaban J connectivity index is 1.93. The average molecular weight is 459 g/mol. The summed E-state index contributed by atoms with van der Waals surface area (Å²) in [6, 6.07) is 5.23. The van der Waals surface area contributed by atoms with Crippen LogP contribution in [0.4, 0.5) is 0 Å². The molecular weight excluding hydrogens is 432 g/mol. The molecule has 0 saturated heterocycles. The van der Waals surface area contributed by atoms with Crippen LogP contribution in [0.15, 0.2) is 28.2 Å². The summed E-state index contributed by atoms with van der Waals surface area (Å²) in [5.41, 5.74) is 0.934. The number of rotatable bonds is 4. The second kappa shape index (κ2) is 8.09. The van der Waals surface area contributed by atoms with Crippen LogP contribution in [0.3, 0.4) is 0 Å². The highest BCUT2D eigenvalue weighted by molar-refractivity contribution is 7.09.